The lowest BCUT2D eigenvalue weighted by molar-refractivity contribution is -0.704. The van der Waals surface area contributed by atoms with Crippen molar-refractivity contribution in [3.63, 3.8) is 0 Å². The lowest BCUT2D eigenvalue weighted by Crippen LogP contribution is -2.37. The highest BCUT2D eigenvalue weighted by molar-refractivity contribution is 4.84. The van der Waals surface area contributed by atoms with Crippen LogP contribution < -0.4 is 4.57 Å². The van der Waals surface area contributed by atoms with E-state index < -0.39 is 0 Å². The molecule has 1 aromatic heterocycles. The van der Waals surface area contributed by atoms with Crippen molar-refractivity contribution in [3.8, 4) is 0 Å². The normalized spacial score (nSPS) is 11.6. The zero-order valence-corrected chi connectivity index (χ0v) is 30.3. The Balaban J connectivity index is 2.31. The molecule has 0 saturated carbocycles. The maximum absolute atomic E-state index is 2.64. The third-order valence-corrected chi connectivity index (χ3v) is 9.85. The number of nitrogens with zero attached hydrogens (tertiary/aromatic N) is 2. The quantitative estimate of drug-likeness (QED) is 0.0540. The van der Waals surface area contributed by atoms with Crippen LogP contribution in [0.15, 0.2) is 12.4 Å². The van der Waals surface area contributed by atoms with Crippen LogP contribution >= 0.6 is 0 Å². The molecule has 0 aliphatic heterocycles. The van der Waals surface area contributed by atoms with Gasteiger partial charge in [0.15, 0.2) is 0 Å². The van der Waals surface area contributed by atoms with Crippen molar-refractivity contribution >= 4 is 0 Å². The summed E-state index contributed by atoms with van der Waals surface area (Å²) in [5.74, 6) is 1.62. The molecule has 0 radical (unpaired) electrons. The number of unbranched alkanes of at least 4 members (excludes halogenated alkanes) is 29. The second-order valence-electron chi connectivity index (χ2n) is 14.1. The molecule has 0 spiro atoms. The van der Waals surface area contributed by atoms with Gasteiger partial charge >= 0.3 is 0 Å². The molecule has 43 heavy (non-hydrogen) atoms. The Hall–Kier alpha value is -0.790. The summed E-state index contributed by atoms with van der Waals surface area (Å²) in [6.45, 7) is 9.40. The van der Waals surface area contributed by atoms with Gasteiger partial charge in [0.05, 0.1) is 13.1 Å². The monoisotopic (exact) mass is 602 g/mol. The number of hydrogen-bond acceptors (Lipinski definition) is 0. The molecule has 0 saturated heterocycles. The van der Waals surface area contributed by atoms with Crippen molar-refractivity contribution in [2.24, 2.45) is 0 Å². The molecule has 0 atom stereocenters. The SMILES string of the molecule is CCCCCCCCCCCCCn1cc[n+](CCCCCCCCCCCCC)c1CCCCCCCCCCCC. The van der Waals surface area contributed by atoms with Crippen LogP contribution in [0.1, 0.15) is 232 Å². The molecular weight excluding hydrogens is 520 g/mol. The van der Waals surface area contributed by atoms with Crippen LogP contribution in [0.2, 0.25) is 0 Å². The van der Waals surface area contributed by atoms with Crippen molar-refractivity contribution in [1.29, 1.82) is 0 Å². The summed E-state index contributed by atoms with van der Waals surface area (Å²) >= 11 is 0. The zero-order chi connectivity index (χ0) is 30.9. The van der Waals surface area contributed by atoms with Crippen LogP contribution in [0.3, 0.4) is 0 Å². The predicted octanol–water partition coefficient (Wildman–Crippen LogP) is 13.9. The van der Waals surface area contributed by atoms with Crippen LogP contribution in [-0.4, -0.2) is 4.57 Å². The van der Waals surface area contributed by atoms with Crippen LogP contribution in [0.5, 0.6) is 0 Å². The first-order valence-corrected chi connectivity index (χ1v) is 20.4. The van der Waals surface area contributed by atoms with E-state index in [0.29, 0.717) is 0 Å². The van der Waals surface area contributed by atoms with E-state index in [-0.39, 0.29) is 0 Å². The third kappa shape index (κ3) is 25.1. The molecule has 0 bridgehead atoms. The lowest BCUT2D eigenvalue weighted by atomic mass is 10.1. The van der Waals surface area contributed by atoms with Gasteiger partial charge in [-0.2, -0.15) is 0 Å². The first-order chi connectivity index (χ1) is 21.3. The van der Waals surface area contributed by atoms with Gasteiger partial charge in [-0.05, 0) is 32.1 Å². The Kier molecular flexibility index (Phi) is 30.5. The number of aryl methyl sites for hydroxylation is 2. The fourth-order valence-corrected chi connectivity index (χ4v) is 6.86. The molecule has 1 aromatic rings. The molecule has 1 heterocycles. The number of aromatic nitrogens is 2. The largest absolute Gasteiger partial charge is 0.256 e. The van der Waals surface area contributed by atoms with E-state index in [1.54, 1.807) is 5.82 Å². The first kappa shape index (κ1) is 40.2. The highest BCUT2D eigenvalue weighted by atomic mass is 15.1. The predicted molar refractivity (Wildman–Crippen MR) is 193 cm³/mol. The van der Waals surface area contributed by atoms with Crippen LogP contribution in [-0.2, 0) is 19.5 Å². The van der Waals surface area contributed by atoms with Crippen LogP contribution in [0.25, 0.3) is 0 Å². The van der Waals surface area contributed by atoms with Gasteiger partial charge in [0.25, 0.3) is 5.82 Å². The van der Waals surface area contributed by atoms with E-state index in [4.69, 9.17) is 0 Å². The summed E-state index contributed by atoms with van der Waals surface area (Å²) in [6.07, 6.45) is 51.9. The maximum atomic E-state index is 2.64. The molecule has 0 unspecified atom stereocenters. The molecule has 0 N–H and O–H groups in total. The zero-order valence-electron chi connectivity index (χ0n) is 30.3. The van der Waals surface area contributed by atoms with Gasteiger partial charge in [0, 0.05) is 6.42 Å². The van der Waals surface area contributed by atoms with Crippen molar-refractivity contribution in [3.05, 3.63) is 18.2 Å². The number of rotatable bonds is 35. The minimum absolute atomic E-state index is 1.23. The van der Waals surface area contributed by atoms with Crippen molar-refractivity contribution in [2.75, 3.05) is 0 Å². The maximum Gasteiger partial charge on any atom is 0.256 e. The fourth-order valence-electron chi connectivity index (χ4n) is 6.86. The molecule has 0 aromatic carbocycles. The highest BCUT2D eigenvalue weighted by Crippen LogP contribution is 2.15. The molecule has 2 nitrogen and oxygen atoms in total. The van der Waals surface area contributed by atoms with Gasteiger partial charge in [0.1, 0.15) is 12.4 Å². The van der Waals surface area contributed by atoms with E-state index in [0.717, 1.165) is 0 Å². The summed E-state index contributed by atoms with van der Waals surface area (Å²) in [6, 6.07) is 0. The summed E-state index contributed by atoms with van der Waals surface area (Å²) in [5, 5.41) is 0. The molecule has 254 valence electrons. The van der Waals surface area contributed by atoms with Crippen LogP contribution in [0, 0.1) is 0 Å². The number of hydrogen-bond donors (Lipinski definition) is 0. The standard InChI is InChI=1S/C41H81N2/c1-4-7-10-13-16-19-22-25-28-31-34-37-42-39-40-43(38-35-32-29-26-23-20-17-14-11-8-5-2)41(42)36-33-30-27-24-21-18-15-12-9-6-3/h39-40H,4-38H2,1-3H3/q+1. The topological polar surface area (TPSA) is 8.81 Å². The Morgan fingerprint density at radius 2 is 0.721 bits per heavy atom. The summed E-state index contributed by atoms with van der Waals surface area (Å²) in [7, 11) is 0. The van der Waals surface area contributed by atoms with Gasteiger partial charge < -0.3 is 0 Å². The summed E-state index contributed by atoms with van der Waals surface area (Å²) in [5.41, 5.74) is 0. The minimum atomic E-state index is 1.23. The molecule has 0 aliphatic carbocycles. The van der Waals surface area contributed by atoms with Gasteiger partial charge in [-0.15, -0.1) is 0 Å². The molecule has 0 fully saturated rings. The lowest BCUT2D eigenvalue weighted by Gasteiger charge is -2.07. The Bertz CT molecular complexity index is 619. The van der Waals surface area contributed by atoms with E-state index in [9.17, 15) is 0 Å². The Morgan fingerprint density at radius 3 is 1.12 bits per heavy atom. The summed E-state index contributed by atoms with van der Waals surface area (Å²) in [4.78, 5) is 0. The van der Waals surface area contributed by atoms with Crippen molar-refractivity contribution < 1.29 is 4.57 Å². The van der Waals surface area contributed by atoms with E-state index in [1.165, 1.54) is 225 Å². The Labute approximate surface area is 272 Å². The number of imidazole rings is 1. The smallest absolute Gasteiger partial charge is 0.234 e. The fraction of sp³-hybridized carbons (Fsp3) is 0.927. The second-order valence-corrected chi connectivity index (χ2v) is 14.1. The van der Waals surface area contributed by atoms with Crippen LogP contribution in [0.4, 0.5) is 0 Å². The molecule has 1 rings (SSSR count). The molecule has 2 heteroatoms. The molecular formula is C41H81N2+. The second kappa shape index (κ2) is 32.6. The average molecular weight is 602 g/mol. The minimum Gasteiger partial charge on any atom is -0.234 e. The molecule has 0 amide bonds. The Morgan fingerprint density at radius 1 is 0.395 bits per heavy atom. The van der Waals surface area contributed by atoms with Gasteiger partial charge in [-0.25, -0.2) is 9.13 Å². The van der Waals surface area contributed by atoms with Gasteiger partial charge in [0.2, 0.25) is 0 Å². The van der Waals surface area contributed by atoms with E-state index >= 15 is 0 Å². The highest BCUT2D eigenvalue weighted by Gasteiger charge is 2.16. The molecule has 0 aliphatic rings. The first-order valence-electron chi connectivity index (χ1n) is 20.4. The van der Waals surface area contributed by atoms with Crippen molar-refractivity contribution in [1.82, 2.24) is 4.57 Å². The van der Waals surface area contributed by atoms with E-state index in [2.05, 4.69) is 42.3 Å². The summed E-state index contributed by atoms with van der Waals surface area (Å²) < 4.78 is 5.28. The van der Waals surface area contributed by atoms with Gasteiger partial charge in [-0.3, -0.25) is 0 Å². The third-order valence-electron chi connectivity index (χ3n) is 9.85. The van der Waals surface area contributed by atoms with E-state index in [1.807, 2.05) is 0 Å². The van der Waals surface area contributed by atoms with Gasteiger partial charge in [-0.1, -0.05) is 194 Å². The average Bonchev–Trinajstić information content (AvgIpc) is 3.40. The van der Waals surface area contributed by atoms with Crippen molar-refractivity contribution in [2.45, 2.75) is 246 Å².